The van der Waals surface area contributed by atoms with E-state index >= 15 is 0 Å². The van der Waals surface area contributed by atoms with Crippen LogP contribution in [0.15, 0.2) is 22.6 Å². The minimum Gasteiger partial charge on any atom is -0.423 e. The molecule has 128 valence electrons. The van der Waals surface area contributed by atoms with Gasteiger partial charge >= 0.3 is 0 Å². The Balaban J connectivity index is 1.50. The van der Waals surface area contributed by atoms with Crippen molar-refractivity contribution in [1.29, 1.82) is 0 Å². The molecular weight excluding hydrogens is 326 g/mol. The summed E-state index contributed by atoms with van der Waals surface area (Å²) in [4.78, 5) is 21.2. The first-order chi connectivity index (χ1) is 11.6. The van der Waals surface area contributed by atoms with Gasteiger partial charge in [0.25, 0.3) is 6.01 Å². The van der Waals surface area contributed by atoms with E-state index in [4.69, 9.17) is 16.0 Å². The molecule has 2 fully saturated rings. The molecule has 24 heavy (non-hydrogen) atoms. The summed E-state index contributed by atoms with van der Waals surface area (Å²) in [5.41, 5.74) is 1.52. The summed E-state index contributed by atoms with van der Waals surface area (Å²) in [6.45, 7) is 1.68. The predicted molar refractivity (Wildman–Crippen MR) is 94.4 cm³/mol. The maximum atomic E-state index is 12.5. The summed E-state index contributed by atoms with van der Waals surface area (Å²) in [7, 11) is 1.95. The van der Waals surface area contributed by atoms with E-state index in [1.807, 2.05) is 24.1 Å². The lowest BCUT2D eigenvalue weighted by Crippen LogP contribution is -2.50. The number of aromatic nitrogens is 1. The van der Waals surface area contributed by atoms with E-state index in [-0.39, 0.29) is 12.0 Å². The molecule has 1 aliphatic heterocycles. The number of carbonyl (C=O) groups is 1. The highest BCUT2D eigenvalue weighted by Gasteiger charge is 2.33. The fourth-order valence-corrected chi connectivity index (χ4v) is 3.75. The maximum Gasteiger partial charge on any atom is 0.298 e. The second-order valence-electron chi connectivity index (χ2n) is 6.93. The molecule has 2 aromatic rings. The van der Waals surface area contributed by atoms with Crippen LogP contribution >= 0.6 is 11.6 Å². The molecule has 0 N–H and O–H groups in total. The Morgan fingerprint density at radius 2 is 2.17 bits per heavy atom. The number of halogens is 1. The van der Waals surface area contributed by atoms with Crippen LogP contribution in [0, 0.1) is 5.92 Å². The summed E-state index contributed by atoms with van der Waals surface area (Å²) in [6, 6.07) is 6.34. The minimum absolute atomic E-state index is 0.227. The Morgan fingerprint density at radius 1 is 1.33 bits per heavy atom. The van der Waals surface area contributed by atoms with Crippen LogP contribution in [0.2, 0.25) is 5.02 Å². The average Bonchev–Trinajstić information content (AvgIpc) is 2.95. The zero-order valence-corrected chi connectivity index (χ0v) is 14.6. The largest absolute Gasteiger partial charge is 0.423 e. The topological polar surface area (TPSA) is 49.6 Å². The zero-order valence-electron chi connectivity index (χ0n) is 13.9. The van der Waals surface area contributed by atoms with E-state index in [0.29, 0.717) is 22.5 Å². The maximum absolute atomic E-state index is 12.5. The number of fused-ring (bicyclic) bond motifs is 1. The quantitative estimate of drug-likeness (QED) is 0.849. The molecule has 1 atom stereocenters. The third kappa shape index (κ3) is 2.86. The van der Waals surface area contributed by atoms with Crippen LogP contribution in [-0.4, -0.2) is 42.0 Å². The first-order valence-electron chi connectivity index (χ1n) is 8.69. The van der Waals surface area contributed by atoms with Gasteiger partial charge in [0.2, 0.25) is 5.91 Å². The van der Waals surface area contributed by atoms with Crippen LogP contribution in [0.5, 0.6) is 0 Å². The van der Waals surface area contributed by atoms with Gasteiger partial charge in [0.05, 0.1) is 0 Å². The van der Waals surface area contributed by atoms with Crippen LogP contribution in [0.3, 0.4) is 0 Å². The van der Waals surface area contributed by atoms with Crippen LogP contribution in [0.1, 0.15) is 32.1 Å². The van der Waals surface area contributed by atoms with Crippen molar-refractivity contribution in [1.82, 2.24) is 9.88 Å². The van der Waals surface area contributed by atoms with Gasteiger partial charge in [-0.3, -0.25) is 4.79 Å². The molecule has 1 aromatic heterocycles. The molecular formula is C18H22ClN3O2. The highest BCUT2D eigenvalue weighted by atomic mass is 35.5. The molecule has 1 aromatic carbocycles. The molecule has 1 unspecified atom stereocenters. The molecule has 1 saturated heterocycles. The van der Waals surface area contributed by atoms with Gasteiger partial charge in [-0.25, -0.2) is 0 Å². The molecule has 2 heterocycles. The fraction of sp³-hybridized carbons (Fsp3) is 0.556. The third-order valence-electron chi connectivity index (χ3n) is 5.36. The Hall–Kier alpha value is -1.75. The molecule has 0 radical (unpaired) electrons. The first-order valence-corrected chi connectivity index (χ1v) is 9.07. The van der Waals surface area contributed by atoms with E-state index in [9.17, 15) is 4.79 Å². The number of anilines is 1. The Morgan fingerprint density at radius 3 is 2.92 bits per heavy atom. The highest BCUT2D eigenvalue weighted by molar-refractivity contribution is 6.31. The van der Waals surface area contributed by atoms with E-state index in [1.165, 1.54) is 6.42 Å². The van der Waals surface area contributed by atoms with Gasteiger partial charge in [0.1, 0.15) is 5.52 Å². The molecule has 2 aliphatic rings. The van der Waals surface area contributed by atoms with Crippen molar-refractivity contribution < 1.29 is 9.21 Å². The van der Waals surface area contributed by atoms with E-state index < -0.39 is 0 Å². The molecule has 1 aliphatic carbocycles. The average molecular weight is 348 g/mol. The molecule has 5 nitrogen and oxygen atoms in total. The standard InChI is InChI=1S/C18H22ClN3O2/c1-21(17(23)12-4-2-5-12)14-6-3-9-22(11-14)18-20-15-8-7-13(19)10-16(15)24-18/h7-8,10,12,14H,2-6,9,11H2,1H3. The smallest absolute Gasteiger partial charge is 0.298 e. The van der Waals surface area contributed by atoms with Crippen LogP contribution in [0.4, 0.5) is 6.01 Å². The number of carbonyl (C=O) groups excluding carboxylic acids is 1. The number of amides is 1. The minimum atomic E-state index is 0.227. The van der Waals surface area contributed by atoms with Gasteiger partial charge in [0.15, 0.2) is 5.58 Å². The van der Waals surface area contributed by atoms with Crippen LogP contribution in [-0.2, 0) is 4.79 Å². The molecule has 0 spiro atoms. The summed E-state index contributed by atoms with van der Waals surface area (Å²) >= 11 is 6.02. The van der Waals surface area contributed by atoms with Crippen LogP contribution < -0.4 is 4.90 Å². The summed E-state index contributed by atoms with van der Waals surface area (Å²) in [5.74, 6) is 0.550. The number of nitrogens with zero attached hydrogens (tertiary/aromatic N) is 3. The second-order valence-corrected chi connectivity index (χ2v) is 7.36. The van der Waals surface area contributed by atoms with Crippen molar-refractivity contribution in [3.05, 3.63) is 23.2 Å². The molecule has 1 amide bonds. The van der Waals surface area contributed by atoms with E-state index in [2.05, 4.69) is 9.88 Å². The first kappa shape index (κ1) is 15.8. The van der Waals surface area contributed by atoms with Crippen molar-refractivity contribution in [2.24, 2.45) is 5.92 Å². The number of oxazole rings is 1. The van der Waals surface area contributed by atoms with Gasteiger partial charge < -0.3 is 14.2 Å². The van der Waals surface area contributed by atoms with E-state index in [0.717, 1.165) is 44.3 Å². The van der Waals surface area contributed by atoms with Crippen LogP contribution in [0.25, 0.3) is 11.1 Å². The lowest BCUT2D eigenvalue weighted by Gasteiger charge is -2.39. The number of likely N-dealkylation sites (N-methyl/N-ethyl adjacent to an activating group) is 1. The zero-order chi connectivity index (χ0) is 16.7. The Kier molecular flexibility index (Phi) is 4.12. The number of hydrogen-bond acceptors (Lipinski definition) is 4. The lowest BCUT2D eigenvalue weighted by molar-refractivity contribution is -0.139. The molecule has 1 saturated carbocycles. The number of hydrogen-bond donors (Lipinski definition) is 0. The Bertz CT molecular complexity index is 756. The molecule has 6 heteroatoms. The van der Waals surface area contributed by atoms with E-state index in [1.54, 1.807) is 6.07 Å². The summed E-state index contributed by atoms with van der Waals surface area (Å²) in [5, 5.41) is 0.646. The normalized spacial score (nSPS) is 21.8. The van der Waals surface area contributed by atoms with Crippen molar-refractivity contribution in [3.8, 4) is 0 Å². The molecule has 0 bridgehead atoms. The van der Waals surface area contributed by atoms with Crippen molar-refractivity contribution in [2.75, 3.05) is 25.0 Å². The summed E-state index contributed by atoms with van der Waals surface area (Å²) < 4.78 is 5.88. The summed E-state index contributed by atoms with van der Waals surface area (Å²) in [6.07, 6.45) is 5.35. The van der Waals surface area contributed by atoms with Gasteiger partial charge in [0, 0.05) is 43.2 Å². The number of piperidine rings is 1. The third-order valence-corrected chi connectivity index (χ3v) is 5.59. The Labute approximate surface area is 146 Å². The van der Waals surface area contributed by atoms with Crippen molar-refractivity contribution in [2.45, 2.75) is 38.1 Å². The van der Waals surface area contributed by atoms with Gasteiger partial charge in [-0.15, -0.1) is 0 Å². The van der Waals surface area contributed by atoms with Gasteiger partial charge in [-0.05, 0) is 37.8 Å². The SMILES string of the molecule is CN(C(=O)C1CCC1)C1CCCN(c2nc3ccc(Cl)cc3o2)C1. The van der Waals surface area contributed by atoms with Gasteiger partial charge in [-0.2, -0.15) is 4.98 Å². The van der Waals surface area contributed by atoms with Gasteiger partial charge in [-0.1, -0.05) is 18.0 Å². The van der Waals surface area contributed by atoms with Crippen molar-refractivity contribution in [3.63, 3.8) is 0 Å². The van der Waals surface area contributed by atoms with Crippen molar-refractivity contribution >= 4 is 34.6 Å². The number of benzene rings is 1. The lowest BCUT2D eigenvalue weighted by atomic mass is 9.84. The number of rotatable bonds is 3. The molecule has 4 rings (SSSR count). The second kappa shape index (κ2) is 6.28. The predicted octanol–water partition coefficient (Wildman–Crippen LogP) is 3.71. The fourth-order valence-electron chi connectivity index (χ4n) is 3.59. The highest BCUT2D eigenvalue weighted by Crippen LogP contribution is 2.31. The monoisotopic (exact) mass is 347 g/mol.